The molecule has 4 atom stereocenters. The second-order valence-corrected chi connectivity index (χ2v) is 3.16. The van der Waals surface area contributed by atoms with Crippen molar-refractivity contribution in [3.05, 3.63) is 0 Å². The molecule has 1 rings (SSSR count). The van der Waals surface area contributed by atoms with Gasteiger partial charge in [-0.25, -0.2) is 0 Å². The van der Waals surface area contributed by atoms with E-state index in [4.69, 9.17) is 4.74 Å². The van der Waals surface area contributed by atoms with Gasteiger partial charge in [-0.2, -0.15) is 0 Å². The molecule has 10 heavy (non-hydrogen) atoms. The maximum Gasteiger partial charge on any atom is 0.109 e. The third-order valence-corrected chi connectivity index (χ3v) is 2.39. The molecule has 1 aliphatic heterocycles. The Bertz CT molecular complexity index is 120. The van der Waals surface area contributed by atoms with Crippen molar-refractivity contribution in [1.82, 2.24) is 0 Å². The monoisotopic (exact) mass is 210 g/mol. The summed E-state index contributed by atoms with van der Waals surface area (Å²) in [6.07, 6.45) is -1.99. The van der Waals surface area contributed by atoms with Gasteiger partial charge in [0.25, 0.3) is 0 Å². The van der Waals surface area contributed by atoms with E-state index in [9.17, 15) is 10.2 Å². The van der Waals surface area contributed by atoms with Crippen LogP contribution in [0.25, 0.3) is 0 Å². The first-order valence-corrected chi connectivity index (χ1v) is 4.36. The largest absolute Gasteiger partial charge is 0.388 e. The van der Waals surface area contributed by atoms with Gasteiger partial charge in [0.05, 0.1) is 12.2 Å². The van der Waals surface area contributed by atoms with Gasteiger partial charge in [-0.1, -0.05) is 15.9 Å². The van der Waals surface area contributed by atoms with Crippen LogP contribution in [0.4, 0.5) is 0 Å². The lowest BCUT2D eigenvalue weighted by Crippen LogP contribution is -2.32. The van der Waals surface area contributed by atoms with Crippen molar-refractivity contribution in [3.8, 4) is 0 Å². The van der Waals surface area contributed by atoms with Crippen molar-refractivity contribution in [1.29, 1.82) is 0 Å². The molecule has 1 fully saturated rings. The van der Waals surface area contributed by atoms with Crippen LogP contribution in [0.5, 0.6) is 0 Å². The zero-order chi connectivity index (χ0) is 7.72. The molecule has 0 aromatic carbocycles. The minimum absolute atomic E-state index is 0.252. The quantitative estimate of drug-likeness (QED) is 0.595. The summed E-state index contributed by atoms with van der Waals surface area (Å²) in [4.78, 5) is 0. The molecule has 0 bridgehead atoms. The van der Waals surface area contributed by atoms with Gasteiger partial charge in [-0.05, 0) is 6.92 Å². The summed E-state index contributed by atoms with van der Waals surface area (Å²) in [5, 5.41) is 19.0. The maximum absolute atomic E-state index is 9.22. The van der Waals surface area contributed by atoms with Gasteiger partial charge in [-0.3, -0.25) is 0 Å². The van der Waals surface area contributed by atoms with Crippen LogP contribution in [0.1, 0.15) is 6.92 Å². The second-order valence-electron chi connectivity index (χ2n) is 2.52. The lowest BCUT2D eigenvalue weighted by Gasteiger charge is -2.10. The van der Waals surface area contributed by atoms with Gasteiger partial charge >= 0.3 is 0 Å². The molecule has 0 aromatic heterocycles. The van der Waals surface area contributed by atoms with E-state index in [1.54, 1.807) is 6.92 Å². The lowest BCUT2D eigenvalue weighted by atomic mass is 10.1. The van der Waals surface area contributed by atoms with Gasteiger partial charge in [0.1, 0.15) is 12.2 Å². The van der Waals surface area contributed by atoms with E-state index in [2.05, 4.69) is 15.9 Å². The first kappa shape index (κ1) is 8.46. The van der Waals surface area contributed by atoms with E-state index in [-0.39, 0.29) is 12.2 Å². The van der Waals surface area contributed by atoms with Crippen LogP contribution in [-0.2, 0) is 4.74 Å². The van der Waals surface area contributed by atoms with E-state index in [1.807, 2.05) is 0 Å². The highest BCUT2D eigenvalue weighted by Crippen LogP contribution is 2.21. The van der Waals surface area contributed by atoms with E-state index < -0.39 is 12.2 Å². The van der Waals surface area contributed by atoms with Crippen LogP contribution in [0.15, 0.2) is 0 Å². The number of aliphatic hydroxyl groups excluding tert-OH is 2. The third-order valence-electron chi connectivity index (χ3n) is 1.75. The second kappa shape index (κ2) is 3.17. The average molecular weight is 211 g/mol. The molecule has 1 heterocycles. The Morgan fingerprint density at radius 3 is 2.20 bits per heavy atom. The highest BCUT2D eigenvalue weighted by molar-refractivity contribution is 9.09. The predicted molar refractivity (Wildman–Crippen MR) is 40.1 cm³/mol. The highest BCUT2D eigenvalue weighted by atomic mass is 79.9. The molecule has 0 amide bonds. The van der Waals surface area contributed by atoms with Gasteiger partial charge in [-0.15, -0.1) is 0 Å². The topological polar surface area (TPSA) is 49.7 Å². The fraction of sp³-hybridized carbons (Fsp3) is 1.00. The van der Waals surface area contributed by atoms with Crippen molar-refractivity contribution >= 4 is 15.9 Å². The summed E-state index contributed by atoms with van der Waals surface area (Å²) < 4.78 is 5.19. The maximum atomic E-state index is 9.22. The molecule has 0 aliphatic carbocycles. The fourth-order valence-corrected chi connectivity index (χ4v) is 1.60. The van der Waals surface area contributed by atoms with Crippen LogP contribution in [0, 0.1) is 0 Å². The molecular formula is C6H11BrO3. The molecule has 2 N–H and O–H groups in total. The van der Waals surface area contributed by atoms with Crippen LogP contribution < -0.4 is 0 Å². The molecule has 0 spiro atoms. The van der Waals surface area contributed by atoms with Crippen molar-refractivity contribution in [2.24, 2.45) is 0 Å². The summed E-state index contributed by atoms with van der Waals surface area (Å²) >= 11 is 3.18. The first-order valence-electron chi connectivity index (χ1n) is 3.24. The van der Waals surface area contributed by atoms with Crippen molar-refractivity contribution in [2.75, 3.05) is 5.33 Å². The number of rotatable bonds is 1. The Kier molecular flexibility index (Phi) is 2.68. The van der Waals surface area contributed by atoms with Crippen molar-refractivity contribution in [3.63, 3.8) is 0 Å². The van der Waals surface area contributed by atoms with Crippen LogP contribution in [-0.4, -0.2) is 40.0 Å². The SMILES string of the molecule is C[C@@H]1OC(CBr)[C@@H](O)[C@H]1O. The lowest BCUT2D eigenvalue weighted by molar-refractivity contribution is 0.0305. The molecule has 3 nitrogen and oxygen atoms in total. The minimum Gasteiger partial charge on any atom is -0.388 e. The number of hydrogen-bond acceptors (Lipinski definition) is 3. The summed E-state index contributed by atoms with van der Waals surface area (Å²) in [5.41, 5.74) is 0. The van der Waals surface area contributed by atoms with Crippen LogP contribution in [0.2, 0.25) is 0 Å². The average Bonchev–Trinajstić information content (AvgIpc) is 2.17. The molecule has 0 aromatic rings. The number of hydrogen-bond donors (Lipinski definition) is 2. The predicted octanol–water partition coefficient (Wildman–Crippen LogP) is -0.110. The number of aliphatic hydroxyl groups is 2. The Balaban J connectivity index is 2.53. The van der Waals surface area contributed by atoms with Gasteiger partial charge < -0.3 is 14.9 Å². The Morgan fingerprint density at radius 2 is 2.00 bits per heavy atom. The summed E-state index contributed by atoms with van der Waals surface area (Å²) in [5.74, 6) is 0. The highest BCUT2D eigenvalue weighted by Gasteiger charge is 2.39. The zero-order valence-corrected chi connectivity index (χ0v) is 7.28. The van der Waals surface area contributed by atoms with Gasteiger partial charge in [0.15, 0.2) is 0 Å². The van der Waals surface area contributed by atoms with Crippen molar-refractivity contribution < 1.29 is 14.9 Å². The normalized spacial score (nSPS) is 48.0. The van der Waals surface area contributed by atoms with Crippen LogP contribution in [0.3, 0.4) is 0 Å². The molecule has 1 aliphatic rings. The fourth-order valence-electron chi connectivity index (χ4n) is 1.06. The van der Waals surface area contributed by atoms with Crippen molar-refractivity contribution in [2.45, 2.75) is 31.3 Å². The molecular weight excluding hydrogens is 200 g/mol. The third kappa shape index (κ3) is 1.34. The number of alkyl halides is 1. The van der Waals surface area contributed by atoms with E-state index in [0.717, 1.165) is 0 Å². The standard InChI is InChI=1S/C6H11BrO3/c1-3-5(8)6(9)4(2-7)10-3/h3-6,8-9H,2H2,1H3/t3-,4?,5-,6+/m0/s1. The van der Waals surface area contributed by atoms with Gasteiger partial charge in [0, 0.05) is 5.33 Å². The zero-order valence-electron chi connectivity index (χ0n) is 5.70. The van der Waals surface area contributed by atoms with E-state index >= 15 is 0 Å². The molecule has 0 saturated carbocycles. The molecule has 1 unspecified atom stereocenters. The molecule has 1 saturated heterocycles. The first-order chi connectivity index (χ1) is 4.66. The summed E-state index contributed by atoms with van der Waals surface area (Å²) in [6, 6.07) is 0. The summed E-state index contributed by atoms with van der Waals surface area (Å²) in [7, 11) is 0. The Hall–Kier alpha value is 0.360. The molecule has 4 heteroatoms. The molecule has 0 radical (unpaired) electrons. The number of ether oxygens (including phenoxy) is 1. The smallest absolute Gasteiger partial charge is 0.109 e. The van der Waals surface area contributed by atoms with Gasteiger partial charge in [0.2, 0.25) is 0 Å². The summed E-state index contributed by atoms with van der Waals surface area (Å²) in [6.45, 7) is 1.75. The van der Waals surface area contributed by atoms with E-state index in [0.29, 0.717) is 5.33 Å². The Morgan fingerprint density at radius 1 is 1.40 bits per heavy atom. The Labute approximate surface area is 68.1 Å². The van der Waals surface area contributed by atoms with E-state index in [1.165, 1.54) is 0 Å². The number of halogens is 1. The van der Waals surface area contributed by atoms with Crippen LogP contribution >= 0.6 is 15.9 Å². The molecule has 60 valence electrons. The minimum atomic E-state index is -0.741.